The third kappa shape index (κ3) is 3.12. The van der Waals surface area contributed by atoms with E-state index in [1.165, 1.54) is 6.07 Å². The van der Waals surface area contributed by atoms with Crippen LogP contribution in [0.5, 0.6) is 0 Å². The van der Waals surface area contributed by atoms with E-state index in [-0.39, 0.29) is 0 Å². The Morgan fingerprint density at radius 2 is 2.00 bits per heavy atom. The van der Waals surface area contributed by atoms with Crippen LogP contribution in [0.4, 0.5) is 18.9 Å². The Kier molecular flexibility index (Phi) is 3.74. The predicted octanol–water partition coefficient (Wildman–Crippen LogP) is 3.81. The van der Waals surface area contributed by atoms with Crippen molar-refractivity contribution < 1.29 is 13.2 Å². The van der Waals surface area contributed by atoms with Gasteiger partial charge in [-0.05, 0) is 18.1 Å². The summed E-state index contributed by atoms with van der Waals surface area (Å²) in [4.78, 5) is 0. The van der Waals surface area contributed by atoms with Crippen LogP contribution in [0.3, 0.4) is 0 Å². The topological polar surface area (TPSA) is 43.8 Å². The van der Waals surface area contributed by atoms with Crippen molar-refractivity contribution in [1.82, 2.24) is 9.78 Å². The summed E-state index contributed by atoms with van der Waals surface area (Å²) in [6, 6.07) is 5.04. The normalized spacial score (nSPS) is 12.1. The Balaban J connectivity index is 2.39. The van der Waals surface area contributed by atoms with Gasteiger partial charge >= 0.3 is 6.18 Å². The van der Waals surface area contributed by atoms with Crippen molar-refractivity contribution in [2.24, 2.45) is 5.92 Å². The highest BCUT2D eigenvalue weighted by Crippen LogP contribution is 2.33. The molecule has 1 heterocycles. The standard InChI is InChI=1S/C14H16F3N3/c1-9(2)7-20-8-12(18)13(19-20)10-4-3-5-11(6-10)14(15,16)17/h3-6,8-9H,7,18H2,1-2H3. The van der Waals surface area contributed by atoms with Crippen LogP contribution < -0.4 is 5.73 Å². The highest BCUT2D eigenvalue weighted by Gasteiger charge is 2.30. The van der Waals surface area contributed by atoms with Gasteiger partial charge in [0, 0.05) is 18.3 Å². The number of nitrogens with zero attached hydrogens (tertiary/aromatic N) is 2. The van der Waals surface area contributed by atoms with E-state index < -0.39 is 11.7 Å². The molecule has 0 saturated carbocycles. The summed E-state index contributed by atoms with van der Waals surface area (Å²) < 4.78 is 39.8. The number of nitrogen functional groups attached to an aromatic ring is 1. The van der Waals surface area contributed by atoms with Gasteiger partial charge < -0.3 is 5.73 Å². The van der Waals surface area contributed by atoms with Crippen molar-refractivity contribution in [3.05, 3.63) is 36.0 Å². The molecule has 1 aromatic carbocycles. The predicted molar refractivity (Wildman–Crippen MR) is 71.9 cm³/mol. The SMILES string of the molecule is CC(C)Cn1cc(N)c(-c2cccc(C(F)(F)F)c2)n1. The Morgan fingerprint density at radius 1 is 1.30 bits per heavy atom. The Labute approximate surface area is 115 Å². The summed E-state index contributed by atoms with van der Waals surface area (Å²) in [5.41, 5.74) is 6.28. The second-order valence-corrected chi connectivity index (χ2v) is 5.13. The van der Waals surface area contributed by atoms with E-state index in [0.29, 0.717) is 29.4 Å². The van der Waals surface area contributed by atoms with E-state index in [1.54, 1.807) is 16.9 Å². The Hall–Kier alpha value is -1.98. The number of rotatable bonds is 3. The molecular weight excluding hydrogens is 267 g/mol. The van der Waals surface area contributed by atoms with E-state index in [4.69, 9.17) is 5.73 Å². The minimum atomic E-state index is -4.37. The molecular formula is C14H16F3N3. The van der Waals surface area contributed by atoms with Gasteiger partial charge in [-0.15, -0.1) is 0 Å². The number of hydrogen-bond donors (Lipinski definition) is 1. The zero-order valence-corrected chi connectivity index (χ0v) is 11.3. The molecule has 2 aromatic rings. The average molecular weight is 283 g/mol. The van der Waals surface area contributed by atoms with Gasteiger partial charge in [-0.2, -0.15) is 18.3 Å². The van der Waals surface area contributed by atoms with Crippen LogP contribution in [0, 0.1) is 5.92 Å². The smallest absolute Gasteiger partial charge is 0.396 e. The molecule has 0 aliphatic heterocycles. The second-order valence-electron chi connectivity index (χ2n) is 5.13. The van der Waals surface area contributed by atoms with Crippen LogP contribution in [-0.2, 0) is 12.7 Å². The van der Waals surface area contributed by atoms with Crippen molar-refractivity contribution in [2.45, 2.75) is 26.6 Å². The molecule has 0 aliphatic carbocycles. The largest absolute Gasteiger partial charge is 0.416 e. The lowest BCUT2D eigenvalue weighted by molar-refractivity contribution is -0.137. The van der Waals surface area contributed by atoms with Crippen LogP contribution in [0.1, 0.15) is 19.4 Å². The van der Waals surface area contributed by atoms with Crippen LogP contribution in [-0.4, -0.2) is 9.78 Å². The molecule has 0 saturated heterocycles. The fourth-order valence-electron chi connectivity index (χ4n) is 1.97. The first kappa shape index (κ1) is 14.4. The molecule has 0 atom stereocenters. The summed E-state index contributed by atoms with van der Waals surface area (Å²) in [6.07, 6.45) is -2.72. The third-order valence-electron chi connectivity index (χ3n) is 2.81. The molecule has 0 radical (unpaired) electrons. The quantitative estimate of drug-likeness (QED) is 0.931. The Bertz CT molecular complexity index is 600. The summed E-state index contributed by atoms with van der Waals surface area (Å²) >= 11 is 0. The van der Waals surface area contributed by atoms with Crippen molar-refractivity contribution in [3.63, 3.8) is 0 Å². The average Bonchev–Trinajstić information content (AvgIpc) is 2.68. The summed E-state index contributed by atoms with van der Waals surface area (Å²) in [5, 5.41) is 4.27. The van der Waals surface area contributed by atoms with E-state index in [0.717, 1.165) is 12.1 Å². The molecule has 0 unspecified atom stereocenters. The highest BCUT2D eigenvalue weighted by atomic mass is 19.4. The molecule has 2 rings (SSSR count). The van der Waals surface area contributed by atoms with E-state index in [9.17, 15) is 13.2 Å². The number of halogens is 3. The van der Waals surface area contributed by atoms with Crippen LogP contribution in [0.15, 0.2) is 30.5 Å². The fraction of sp³-hybridized carbons (Fsp3) is 0.357. The maximum atomic E-state index is 12.7. The second kappa shape index (κ2) is 5.19. The number of hydrogen-bond acceptors (Lipinski definition) is 2. The van der Waals surface area contributed by atoms with Gasteiger partial charge in [0.2, 0.25) is 0 Å². The number of aromatic nitrogens is 2. The van der Waals surface area contributed by atoms with Gasteiger partial charge in [-0.3, -0.25) is 4.68 Å². The lowest BCUT2D eigenvalue weighted by Crippen LogP contribution is -2.05. The zero-order valence-electron chi connectivity index (χ0n) is 11.3. The summed E-state index contributed by atoms with van der Waals surface area (Å²) in [7, 11) is 0. The molecule has 0 bridgehead atoms. The summed E-state index contributed by atoms with van der Waals surface area (Å²) in [6.45, 7) is 4.73. The maximum absolute atomic E-state index is 12.7. The first-order valence-electron chi connectivity index (χ1n) is 6.28. The molecule has 20 heavy (non-hydrogen) atoms. The minimum Gasteiger partial charge on any atom is -0.396 e. The van der Waals surface area contributed by atoms with Crippen LogP contribution in [0.25, 0.3) is 11.3 Å². The molecule has 0 amide bonds. The van der Waals surface area contributed by atoms with E-state index in [1.807, 2.05) is 13.8 Å². The van der Waals surface area contributed by atoms with Gasteiger partial charge in [-0.1, -0.05) is 26.0 Å². The third-order valence-corrected chi connectivity index (χ3v) is 2.81. The van der Waals surface area contributed by atoms with Gasteiger partial charge in [0.25, 0.3) is 0 Å². The fourth-order valence-corrected chi connectivity index (χ4v) is 1.97. The maximum Gasteiger partial charge on any atom is 0.416 e. The molecule has 3 nitrogen and oxygen atoms in total. The van der Waals surface area contributed by atoms with Crippen molar-refractivity contribution in [3.8, 4) is 11.3 Å². The van der Waals surface area contributed by atoms with Crippen LogP contribution in [0.2, 0.25) is 0 Å². The van der Waals surface area contributed by atoms with Gasteiger partial charge in [0.1, 0.15) is 5.69 Å². The van der Waals surface area contributed by atoms with Crippen LogP contribution >= 0.6 is 0 Å². The molecule has 0 aliphatic rings. The zero-order chi connectivity index (χ0) is 14.9. The molecule has 0 spiro atoms. The van der Waals surface area contributed by atoms with E-state index in [2.05, 4.69) is 5.10 Å². The lowest BCUT2D eigenvalue weighted by Gasteiger charge is -2.08. The van der Waals surface area contributed by atoms with E-state index >= 15 is 0 Å². The molecule has 2 N–H and O–H groups in total. The first-order chi connectivity index (χ1) is 9.27. The molecule has 108 valence electrons. The van der Waals surface area contributed by atoms with Crippen molar-refractivity contribution in [2.75, 3.05) is 5.73 Å². The molecule has 1 aromatic heterocycles. The van der Waals surface area contributed by atoms with Gasteiger partial charge in [0.05, 0.1) is 11.3 Å². The van der Waals surface area contributed by atoms with Crippen molar-refractivity contribution in [1.29, 1.82) is 0 Å². The highest BCUT2D eigenvalue weighted by molar-refractivity contribution is 5.72. The summed E-state index contributed by atoms with van der Waals surface area (Å²) in [5.74, 6) is 0.378. The Morgan fingerprint density at radius 3 is 2.60 bits per heavy atom. The molecule has 0 fully saturated rings. The number of alkyl halides is 3. The van der Waals surface area contributed by atoms with Gasteiger partial charge in [-0.25, -0.2) is 0 Å². The first-order valence-corrected chi connectivity index (χ1v) is 6.28. The molecule has 6 heteroatoms. The number of nitrogens with two attached hydrogens (primary N) is 1. The number of anilines is 1. The van der Waals surface area contributed by atoms with Crippen molar-refractivity contribution >= 4 is 5.69 Å². The lowest BCUT2D eigenvalue weighted by atomic mass is 10.1. The van der Waals surface area contributed by atoms with Gasteiger partial charge in [0.15, 0.2) is 0 Å². The number of benzene rings is 1. The monoisotopic (exact) mass is 283 g/mol. The minimum absolute atomic E-state index is 0.375.